The Morgan fingerprint density at radius 2 is 2.06 bits per heavy atom. The van der Waals surface area contributed by atoms with E-state index >= 15 is 0 Å². The van der Waals surface area contributed by atoms with Crippen LogP contribution in [-0.4, -0.2) is 19.9 Å². The minimum Gasteiger partial charge on any atom is -0.243 e. The summed E-state index contributed by atoms with van der Waals surface area (Å²) in [7, 11) is -3.58. The lowest BCUT2D eigenvalue weighted by atomic mass is 10.2. The number of nitrogens with one attached hydrogen (secondary N) is 1. The molecule has 0 fully saturated rings. The summed E-state index contributed by atoms with van der Waals surface area (Å²) in [5.41, 5.74) is 0. The number of fused-ring (bicyclic) bond motifs is 1. The van der Waals surface area contributed by atoms with Gasteiger partial charge in [-0.05, 0) is 11.5 Å². The van der Waals surface area contributed by atoms with Crippen molar-refractivity contribution in [1.82, 2.24) is 9.71 Å². The van der Waals surface area contributed by atoms with E-state index in [4.69, 9.17) is 0 Å². The molecule has 88 valence electrons. The molecule has 0 saturated carbocycles. The van der Waals surface area contributed by atoms with Crippen LogP contribution in [0.4, 0.5) is 0 Å². The predicted molar refractivity (Wildman–Crippen MR) is 67.1 cm³/mol. The molecule has 0 bridgehead atoms. The van der Waals surface area contributed by atoms with E-state index in [1.165, 1.54) is 12.3 Å². The normalized spacial score (nSPS) is 11.5. The van der Waals surface area contributed by atoms with Crippen LogP contribution < -0.4 is 4.72 Å². The van der Waals surface area contributed by atoms with E-state index in [1.807, 2.05) is 12.1 Å². The van der Waals surface area contributed by atoms with Crippen molar-refractivity contribution in [2.24, 2.45) is 0 Å². The fourth-order valence-corrected chi connectivity index (χ4v) is 2.69. The van der Waals surface area contributed by atoms with Crippen molar-refractivity contribution in [2.75, 3.05) is 6.54 Å². The van der Waals surface area contributed by atoms with Crippen molar-refractivity contribution in [3.05, 3.63) is 49.2 Å². The molecule has 0 saturated heterocycles. The first-order valence-electron chi connectivity index (χ1n) is 5.09. The Bertz CT molecular complexity index is 645. The summed E-state index contributed by atoms with van der Waals surface area (Å²) >= 11 is 0. The Labute approximate surface area is 100 Å². The highest BCUT2D eigenvalue weighted by Crippen LogP contribution is 2.19. The number of aromatic nitrogens is 1. The maximum Gasteiger partial charge on any atom is 0.258 e. The van der Waals surface area contributed by atoms with Crippen molar-refractivity contribution >= 4 is 20.8 Å². The molecule has 0 amide bonds. The van der Waals surface area contributed by atoms with Crippen molar-refractivity contribution in [3.8, 4) is 0 Å². The van der Waals surface area contributed by atoms with E-state index in [0.717, 1.165) is 5.39 Å². The Balaban J connectivity index is 2.59. The monoisotopic (exact) mass is 248 g/mol. The highest BCUT2D eigenvalue weighted by Gasteiger charge is 2.17. The largest absolute Gasteiger partial charge is 0.258 e. The second-order valence-corrected chi connectivity index (χ2v) is 5.16. The molecular formula is C12H12N2O2S. The first-order chi connectivity index (χ1) is 8.15. The number of sulfonamides is 1. The minimum atomic E-state index is -3.58. The predicted octanol–water partition coefficient (Wildman–Crippen LogP) is 1.70. The average Bonchev–Trinajstić information content (AvgIpc) is 2.36. The van der Waals surface area contributed by atoms with Gasteiger partial charge in [0.1, 0.15) is 0 Å². The van der Waals surface area contributed by atoms with Crippen molar-refractivity contribution < 1.29 is 8.42 Å². The van der Waals surface area contributed by atoms with Crippen LogP contribution in [0.5, 0.6) is 0 Å². The number of hydrogen-bond donors (Lipinski definition) is 1. The first kappa shape index (κ1) is 11.8. The van der Waals surface area contributed by atoms with E-state index < -0.39 is 10.0 Å². The fraction of sp³-hybridized carbons (Fsp3) is 0.0833. The summed E-state index contributed by atoms with van der Waals surface area (Å²) in [6.45, 7) is 3.66. The lowest BCUT2D eigenvalue weighted by Gasteiger charge is -2.06. The molecule has 5 heteroatoms. The standard InChI is InChI=1S/C12H12N2O2S/c1-2-8-14-17(15,16)12-11-6-4-3-5-10(11)7-9-13-12/h2-7,9,14H,1,8H2. The molecule has 0 atom stereocenters. The molecule has 0 aliphatic carbocycles. The molecule has 0 aliphatic heterocycles. The van der Waals surface area contributed by atoms with Gasteiger partial charge in [0.2, 0.25) is 0 Å². The van der Waals surface area contributed by atoms with Gasteiger partial charge < -0.3 is 0 Å². The van der Waals surface area contributed by atoms with Crippen LogP contribution in [0.3, 0.4) is 0 Å². The summed E-state index contributed by atoms with van der Waals surface area (Å²) in [5, 5.41) is 1.52. The molecule has 2 aromatic rings. The van der Waals surface area contributed by atoms with E-state index in [2.05, 4.69) is 16.3 Å². The third kappa shape index (κ3) is 2.35. The number of pyridine rings is 1. The van der Waals surface area contributed by atoms with E-state index in [0.29, 0.717) is 5.39 Å². The van der Waals surface area contributed by atoms with E-state index in [-0.39, 0.29) is 11.6 Å². The van der Waals surface area contributed by atoms with Crippen LogP contribution in [0, 0.1) is 0 Å². The molecule has 4 nitrogen and oxygen atoms in total. The van der Waals surface area contributed by atoms with Crippen molar-refractivity contribution in [3.63, 3.8) is 0 Å². The van der Waals surface area contributed by atoms with Gasteiger partial charge in [-0.2, -0.15) is 0 Å². The van der Waals surface area contributed by atoms with Gasteiger partial charge in [0.25, 0.3) is 10.0 Å². The molecule has 0 aliphatic rings. The zero-order chi connectivity index (χ0) is 12.3. The number of benzene rings is 1. The third-order valence-electron chi connectivity index (χ3n) is 2.31. The molecule has 1 N–H and O–H groups in total. The van der Waals surface area contributed by atoms with Crippen LogP contribution >= 0.6 is 0 Å². The number of nitrogens with zero attached hydrogens (tertiary/aromatic N) is 1. The Kier molecular flexibility index (Phi) is 3.21. The molecule has 0 spiro atoms. The maximum absolute atomic E-state index is 12.0. The van der Waals surface area contributed by atoms with Gasteiger partial charge in [-0.3, -0.25) is 0 Å². The van der Waals surface area contributed by atoms with Crippen LogP contribution in [0.15, 0.2) is 54.2 Å². The summed E-state index contributed by atoms with van der Waals surface area (Å²) in [4.78, 5) is 3.95. The Hall–Kier alpha value is -1.72. The Morgan fingerprint density at radius 1 is 1.29 bits per heavy atom. The fourth-order valence-electron chi connectivity index (χ4n) is 1.54. The Morgan fingerprint density at radius 3 is 2.82 bits per heavy atom. The number of rotatable bonds is 4. The summed E-state index contributed by atoms with van der Waals surface area (Å²) in [6.07, 6.45) is 2.98. The number of hydrogen-bond acceptors (Lipinski definition) is 3. The van der Waals surface area contributed by atoms with Crippen LogP contribution in [-0.2, 0) is 10.0 Å². The highest BCUT2D eigenvalue weighted by molar-refractivity contribution is 7.89. The highest BCUT2D eigenvalue weighted by atomic mass is 32.2. The van der Waals surface area contributed by atoms with Crippen LogP contribution in [0.25, 0.3) is 10.8 Å². The second-order valence-electron chi connectivity index (χ2n) is 3.48. The van der Waals surface area contributed by atoms with Crippen molar-refractivity contribution in [2.45, 2.75) is 5.03 Å². The quantitative estimate of drug-likeness (QED) is 0.838. The second kappa shape index (κ2) is 4.65. The smallest absolute Gasteiger partial charge is 0.243 e. The molecular weight excluding hydrogens is 236 g/mol. The molecule has 1 aromatic carbocycles. The molecule has 17 heavy (non-hydrogen) atoms. The molecule has 0 radical (unpaired) electrons. The summed E-state index contributed by atoms with van der Waals surface area (Å²) in [5.74, 6) is 0. The van der Waals surface area contributed by atoms with E-state index in [9.17, 15) is 8.42 Å². The van der Waals surface area contributed by atoms with Gasteiger partial charge in [0, 0.05) is 18.1 Å². The molecule has 2 rings (SSSR count). The van der Waals surface area contributed by atoms with Gasteiger partial charge in [-0.15, -0.1) is 6.58 Å². The lowest BCUT2D eigenvalue weighted by molar-refractivity contribution is 0.583. The molecule has 0 unspecified atom stereocenters. The van der Waals surface area contributed by atoms with Gasteiger partial charge in [0.15, 0.2) is 5.03 Å². The topological polar surface area (TPSA) is 59.1 Å². The van der Waals surface area contributed by atoms with E-state index in [1.54, 1.807) is 18.2 Å². The maximum atomic E-state index is 12.0. The zero-order valence-electron chi connectivity index (χ0n) is 9.13. The first-order valence-corrected chi connectivity index (χ1v) is 6.58. The van der Waals surface area contributed by atoms with Gasteiger partial charge in [0.05, 0.1) is 0 Å². The third-order valence-corrected chi connectivity index (χ3v) is 3.69. The zero-order valence-corrected chi connectivity index (χ0v) is 9.94. The molecule has 1 heterocycles. The van der Waals surface area contributed by atoms with Crippen molar-refractivity contribution in [1.29, 1.82) is 0 Å². The van der Waals surface area contributed by atoms with Crippen LogP contribution in [0.2, 0.25) is 0 Å². The molecule has 1 aromatic heterocycles. The SMILES string of the molecule is C=CCNS(=O)(=O)c1nccc2ccccc12. The lowest BCUT2D eigenvalue weighted by Crippen LogP contribution is -2.24. The summed E-state index contributed by atoms with van der Waals surface area (Å²) < 4.78 is 26.4. The average molecular weight is 248 g/mol. The van der Waals surface area contributed by atoms with Gasteiger partial charge in [-0.25, -0.2) is 18.1 Å². The van der Waals surface area contributed by atoms with Crippen LogP contribution in [0.1, 0.15) is 0 Å². The summed E-state index contributed by atoms with van der Waals surface area (Å²) in [6, 6.07) is 9.02. The van der Waals surface area contributed by atoms with Gasteiger partial charge >= 0.3 is 0 Å². The minimum absolute atomic E-state index is 0.0532. The van der Waals surface area contributed by atoms with Gasteiger partial charge in [-0.1, -0.05) is 30.3 Å².